The molecule has 7 N–H and O–H groups in total. The summed E-state index contributed by atoms with van der Waals surface area (Å²) in [6.45, 7) is 32.9. The summed E-state index contributed by atoms with van der Waals surface area (Å²) in [6.07, 6.45) is 3.88. The summed E-state index contributed by atoms with van der Waals surface area (Å²) in [4.78, 5) is 156. The van der Waals surface area contributed by atoms with Crippen LogP contribution in [0.15, 0.2) is 72.8 Å². The van der Waals surface area contributed by atoms with E-state index in [-0.39, 0.29) is 99.5 Å². The van der Waals surface area contributed by atoms with Gasteiger partial charge in [-0.2, -0.15) is 0 Å². The molecule has 27 nitrogen and oxygen atoms in total. The van der Waals surface area contributed by atoms with Gasteiger partial charge in [-0.1, -0.05) is 61.4 Å². The molecule has 0 aliphatic rings. The maximum absolute atomic E-state index is 13.3. The van der Waals surface area contributed by atoms with Crippen LogP contribution in [0, 0.1) is 33.8 Å². The highest BCUT2D eigenvalue weighted by Crippen LogP contribution is 2.28. The van der Waals surface area contributed by atoms with E-state index in [1.807, 2.05) is 24.3 Å². The quantitative estimate of drug-likeness (QED) is 0.00893. The fourth-order valence-corrected chi connectivity index (χ4v) is 9.80. The predicted molar refractivity (Wildman–Crippen MR) is 417 cm³/mol. The number of ketones is 2. The Kier molecular flexibility index (Phi) is 49.7. The normalized spacial score (nSPS) is 12.5. The lowest BCUT2D eigenvalue weighted by atomic mass is 9.90. The SMILES string of the molecule is CC(C)(C)OC(=O)CC[C@H](CC(=O)C[C@@H](CCCCN)C(=O)OC(C)(C)C)C(=O)OC(C)(C)C.CC(C)(C)OC(=O)CC[C@H](CC(=O)C[C@@H](CCCCNC(=O)CCc1ccc(CC(=O)O)cc1)C(=O)OC(C)(C)C)C(=O)OC(C)(C)C.NCc1ccc(CC(=O)O)cc1.O=C(Cl)Oc1ccc([N+](=O)[O-])cc1.[2H]CF.[2H]CF. The largest absolute Gasteiger partial charge is 0.481 e. The van der Waals surface area contributed by atoms with Crippen molar-refractivity contribution in [3.8, 4) is 5.75 Å². The van der Waals surface area contributed by atoms with Gasteiger partial charge in [-0.25, -0.2) is 4.79 Å². The number of hydrogen-bond acceptors (Lipinski definition) is 23. The Morgan fingerprint density at radius 3 is 1.06 bits per heavy atom. The van der Waals surface area contributed by atoms with Crippen molar-refractivity contribution in [2.45, 2.75) is 280 Å². The van der Waals surface area contributed by atoms with Gasteiger partial charge in [0.25, 0.3) is 5.69 Å². The van der Waals surface area contributed by atoms with E-state index in [4.69, 9.17) is 64.4 Å². The molecule has 30 heteroatoms. The van der Waals surface area contributed by atoms with E-state index in [2.05, 4.69) is 10.1 Å². The first-order chi connectivity index (χ1) is 52.0. The number of non-ortho nitro benzene ring substituents is 1. The molecule has 0 aromatic heterocycles. The van der Waals surface area contributed by atoms with Crippen LogP contribution in [0.5, 0.6) is 5.75 Å². The molecule has 0 saturated carbocycles. The molecule has 111 heavy (non-hydrogen) atoms. The van der Waals surface area contributed by atoms with Crippen molar-refractivity contribution in [3.05, 3.63) is 105 Å². The molecule has 0 fully saturated rings. The molecule has 1 amide bonds. The minimum absolute atomic E-state index is 0.0134. The van der Waals surface area contributed by atoms with Gasteiger partial charge in [-0.05, 0) is 211 Å². The van der Waals surface area contributed by atoms with Gasteiger partial charge in [0.05, 0.1) is 58.5 Å². The van der Waals surface area contributed by atoms with Gasteiger partial charge in [0.1, 0.15) is 50.9 Å². The van der Waals surface area contributed by atoms with Crippen LogP contribution >= 0.6 is 11.6 Å². The lowest BCUT2D eigenvalue weighted by Crippen LogP contribution is -2.33. The van der Waals surface area contributed by atoms with Crippen molar-refractivity contribution >= 4 is 87.9 Å². The lowest BCUT2D eigenvalue weighted by Gasteiger charge is -2.25. The molecule has 0 bridgehead atoms. The number of unbranched alkanes of at least 4 members (excludes halogenated alkanes) is 2. The van der Waals surface area contributed by atoms with Crippen molar-refractivity contribution in [1.82, 2.24) is 5.32 Å². The number of aryl methyl sites for hydroxylation is 1. The summed E-state index contributed by atoms with van der Waals surface area (Å²) in [6, 6.07) is 19.4. The Labute approximate surface area is 661 Å². The van der Waals surface area contributed by atoms with Gasteiger partial charge in [0, 0.05) is 81.8 Å². The number of carboxylic acids is 2. The second-order valence-corrected chi connectivity index (χ2v) is 32.1. The van der Waals surface area contributed by atoms with E-state index < -0.39 is 130 Å². The van der Waals surface area contributed by atoms with Crippen LogP contribution in [0.3, 0.4) is 0 Å². The lowest BCUT2D eigenvalue weighted by molar-refractivity contribution is -0.384. The monoisotopic (exact) mass is 1600 g/mol. The molecule has 3 rings (SSSR count). The molecule has 0 aliphatic carbocycles. The van der Waals surface area contributed by atoms with Crippen molar-refractivity contribution in [1.29, 1.82) is 0 Å². The number of nitrogens with one attached hydrogen (secondary N) is 1. The molecule has 3 aromatic rings. The number of halogens is 3. The fourth-order valence-electron chi connectivity index (χ4n) is 9.71. The summed E-state index contributed by atoms with van der Waals surface area (Å²) in [5.41, 5.74) is 9.09. The number of aliphatic carboxylic acids is 2. The molecule has 0 radical (unpaired) electrons. The summed E-state index contributed by atoms with van der Waals surface area (Å²) in [5, 5.41) is 30.4. The number of alkyl halides is 2. The van der Waals surface area contributed by atoms with Crippen LogP contribution < -0.4 is 21.5 Å². The highest BCUT2D eigenvalue weighted by Gasteiger charge is 2.35. The number of rotatable bonds is 37. The predicted octanol–water partition coefficient (Wildman–Crippen LogP) is 14.7. The number of hydrogen-bond donors (Lipinski definition) is 5. The van der Waals surface area contributed by atoms with E-state index in [1.165, 1.54) is 24.3 Å². The first kappa shape index (κ1) is 102. The van der Waals surface area contributed by atoms with Crippen molar-refractivity contribution in [3.63, 3.8) is 0 Å². The number of nitrogens with two attached hydrogens (primary N) is 2. The first-order valence-electron chi connectivity index (χ1n) is 37.9. The zero-order chi connectivity index (χ0) is 87.7. The number of ether oxygens (including phenoxy) is 7. The first-order valence-corrected chi connectivity index (χ1v) is 36.8. The number of benzene rings is 3. The molecule has 0 unspecified atom stereocenters. The molecule has 628 valence electrons. The third kappa shape index (κ3) is 59.6. The number of amides is 1. The number of carbonyl (C=O) groups is 12. The molecule has 0 heterocycles. The average Bonchev–Trinajstić information content (AvgIpc) is 0.841. The van der Waals surface area contributed by atoms with Crippen LogP contribution in [0.25, 0.3) is 0 Å². The van der Waals surface area contributed by atoms with E-state index in [9.17, 15) is 76.4 Å². The number of carboxylic acid groups (broad SMARTS) is 2. The average molecular weight is 1600 g/mol. The van der Waals surface area contributed by atoms with Gasteiger partial charge in [0.15, 0.2) is 0 Å². The highest BCUT2D eigenvalue weighted by atomic mass is 35.5. The van der Waals surface area contributed by atoms with Gasteiger partial charge in [0.2, 0.25) is 5.91 Å². The standard InChI is InChI=1S/C37H57NO10.C26H47NO7.C9H11NO2.C7H4ClNO4.2CH3F/c1-35(2,3)46-32(43)20-18-28(34(45)48-37(7,8)9)24-29(39)23-27(33(44)47-36(4,5)6)12-10-11-21-38-30(40)19-17-25-13-15-26(16-14-25)22-31(41)42;1-24(2,3)32-21(29)14-13-19(23(31)34-26(7,8)9)17-20(28)16-18(12-10-11-15-27)22(30)33-25(4,5)6;10-6-8-3-1-7(2-4-8)5-9(11)12;8-7(10)13-6-3-1-5(2-4-6)9(11)12;2*1-2/h13-16,27-28H,10-12,17-24H2,1-9H3,(H,38,40)(H,41,42);18-19H,10-17,27H2,1-9H3;1-4H,5-6,10H2,(H,11,12);1-4H;2*1H3/t27-,28-;18-,19-;;;;/m11..../s1/i;;;;2*1D. The summed E-state index contributed by atoms with van der Waals surface area (Å²) in [5.74, 6) is -8.21. The van der Waals surface area contributed by atoms with Gasteiger partial charge in [-0.15, -0.1) is 0 Å². The minimum Gasteiger partial charge on any atom is -0.481 e. The van der Waals surface area contributed by atoms with Crippen LogP contribution in [0.1, 0.15) is 246 Å². The Bertz CT molecular complexity index is 3400. The number of Topliss-reactive ketones (excluding diaryl/α,β-unsaturated/α-hetero) is 2. The third-order valence-electron chi connectivity index (χ3n) is 14.3. The van der Waals surface area contributed by atoms with Crippen molar-refractivity contribution in [2.24, 2.45) is 35.1 Å². The number of nitro benzene ring substituents is 1. The maximum atomic E-state index is 13.3. The minimum atomic E-state index is -1.00. The second kappa shape index (κ2) is 54.0. The molecule has 0 aliphatic heterocycles. The molecule has 4 atom stereocenters. The molecule has 0 saturated heterocycles. The number of nitro groups is 1. The molecule has 0 spiro atoms. The zero-order valence-corrected chi connectivity index (χ0v) is 69.0. The van der Waals surface area contributed by atoms with Gasteiger partial charge >= 0.3 is 53.2 Å². The van der Waals surface area contributed by atoms with Gasteiger partial charge < -0.3 is 60.2 Å². The number of esters is 6. The van der Waals surface area contributed by atoms with Crippen LogP contribution in [0.4, 0.5) is 19.3 Å². The summed E-state index contributed by atoms with van der Waals surface area (Å²) < 4.78 is 68.3. The smallest absolute Gasteiger partial charge is 0.409 e. The summed E-state index contributed by atoms with van der Waals surface area (Å²) >= 11 is 4.92. The van der Waals surface area contributed by atoms with Crippen LogP contribution in [-0.2, 0) is 107 Å². The Hall–Kier alpha value is -8.83. The topological polar surface area (TPSA) is 417 Å². The van der Waals surface area contributed by atoms with Gasteiger partial charge in [-0.3, -0.25) is 71.6 Å². The number of nitrogens with zero attached hydrogens (tertiary/aromatic N) is 1. The van der Waals surface area contributed by atoms with Crippen molar-refractivity contribution < 1.29 is 117 Å². The van der Waals surface area contributed by atoms with E-state index in [0.29, 0.717) is 63.7 Å². The molecular formula is C81H125ClF2N4O23. The van der Waals surface area contributed by atoms with Crippen molar-refractivity contribution in [2.75, 3.05) is 27.4 Å². The Balaban J connectivity index is -0.00000159. The zero-order valence-electron chi connectivity index (χ0n) is 70.2. The summed E-state index contributed by atoms with van der Waals surface area (Å²) in [7, 11) is -2.00. The van der Waals surface area contributed by atoms with Crippen LogP contribution in [0.2, 0.25) is 0 Å². The van der Waals surface area contributed by atoms with Crippen LogP contribution in [-0.4, -0.2) is 147 Å². The molecule has 3 aromatic carbocycles. The third-order valence-corrected chi connectivity index (χ3v) is 14.4. The number of carbonyl (C=O) groups excluding carboxylic acids is 10. The Morgan fingerprint density at radius 1 is 0.468 bits per heavy atom. The second-order valence-electron chi connectivity index (χ2n) is 31.8. The molecular weight excluding hydrogens is 1470 g/mol. The van der Waals surface area contributed by atoms with E-state index in [0.717, 1.165) is 23.1 Å². The van der Waals surface area contributed by atoms with E-state index in [1.54, 1.807) is 149 Å². The fraction of sp³-hybridized carbons (Fsp3) is 0.630. The van der Waals surface area contributed by atoms with E-state index >= 15 is 0 Å². The maximum Gasteiger partial charge on any atom is 0.409 e. The highest BCUT2D eigenvalue weighted by molar-refractivity contribution is 6.61. The Morgan fingerprint density at radius 2 is 0.775 bits per heavy atom.